The lowest BCUT2D eigenvalue weighted by Crippen LogP contribution is -2.28. The van der Waals surface area contributed by atoms with Crippen LogP contribution in [0.25, 0.3) is 0 Å². The molecule has 0 saturated heterocycles. The molecule has 0 spiro atoms. The molecule has 0 aromatic heterocycles. The third-order valence-electron chi connectivity index (χ3n) is 3.27. The predicted octanol–water partition coefficient (Wildman–Crippen LogP) is 3.48. The SMILES string of the molecule is COCCC(c1ccccc1)C(C)(C)COC. The van der Waals surface area contributed by atoms with Gasteiger partial charge in [0, 0.05) is 20.8 Å². The summed E-state index contributed by atoms with van der Waals surface area (Å²) in [6.07, 6.45) is 1.02. The molecule has 0 aliphatic carbocycles. The van der Waals surface area contributed by atoms with E-state index in [4.69, 9.17) is 9.47 Å². The highest BCUT2D eigenvalue weighted by Crippen LogP contribution is 2.38. The summed E-state index contributed by atoms with van der Waals surface area (Å²) in [4.78, 5) is 0. The Hall–Kier alpha value is -0.860. The molecule has 2 nitrogen and oxygen atoms in total. The molecule has 0 N–H and O–H groups in total. The molecule has 1 rings (SSSR count). The molecule has 1 aromatic carbocycles. The number of methoxy groups -OCH3 is 2. The zero-order chi connectivity index (χ0) is 12.7. The van der Waals surface area contributed by atoms with E-state index in [2.05, 4.69) is 44.2 Å². The lowest BCUT2D eigenvalue weighted by atomic mass is 9.74. The van der Waals surface area contributed by atoms with Crippen LogP contribution in [-0.2, 0) is 9.47 Å². The summed E-state index contributed by atoms with van der Waals surface area (Å²) in [7, 11) is 3.52. The molecule has 0 bridgehead atoms. The first-order chi connectivity index (χ1) is 8.11. The Morgan fingerprint density at radius 3 is 2.24 bits per heavy atom. The van der Waals surface area contributed by atoms with Gasteiger partial charge in [0.25, 0.3) is 0 Å². The molecule has 0 aliphatic rings. The topological polar surface area (TPSA) is 18.5 Å². The van der Waals surface area contributed by atoms with Crippen molar-refractivity contribution < 1.29 is 9.47 Å². The van der Waals surface area contributed by atoms with Gasteiger partial charge in [-0.15, -0.1) is 0 Å². The Balaban J connectivity index is 2.87. The van der Waals surface area contributed by atoms with Crippen molar-refractivity contribution in [3.05, 3.63) is 35.9 Å². The molecule has 0 aliphatic heterocycles. The molecule has 2 heteroatoms. The van der Waals surface area contributed by atoms with Gasteiger partial charge in [0.1, 0.15) is 0 Å². The second-order valence-corrected chi connectivity index (χ2v) is 5.17. The fourth-order valence-electron chi connectivity index (χ4n) is 2.40. The number of ether oxygens (including phenoxy) is 2. The normalized spacial score (nSPS) is 13.6. The van der Waals surface area contributed by atoms with Gasteiger partial charge in [-0.3, -0.25) is 0 Å². The first-order valence-electron chi connectivity index (χ1n) is 6.14. The third kappa shape index (κ3) is 4.14. The second-order valence-electron chi connectivity index (χ2n) is 5.17. The number of benzene rings is 1. The van der Waals surface area contributed by atoms with Crippen LogP contribution < -0.4 is 0 Å². The standard InChI is InChI=1S/C15H24O2/c1-15(2,12-17-4)14(10-11-16-3)13-8-6-5-7-9-13/h5-9,14H,10-12H2,1-4H3. The summed E-state index contributed by atoms with van der Waals surface area (Å²) >= 11 is 0. The van der Waals surface area contributed by atoms with Gasteiger partial charge in [-0.25, -0.2) is 0 Å². The lowest BCUT2D eigenvalue weighted by molar-refractivity contribution is 0.0709. The lowest BCUT2D eigenvalue weighted by Gasteiger charge is -2.34. The van der Waals surface area contributed by atoms with Crippen LogP contribution in [0.15, 0.2) is 30.3 Å². The van der Waals surface area contributed by atoms with Crippen molar-refractivity contribution in [3.63, 3.8) is 0 Å². The van der Waals surface area contributed by atoms with Crippen LogP contribution in [-0.4, -0.2) is 27.4 Å². The average molecular weight is 236 g/mol. The molecule has 1 atom stereocenters. The molecule has 0 saturated carbocycles. The Bertz CT molecular complexity index is 306. The van der Waals surface area contributed by atoms with Crippen LogP contribution >= 0.6 is 0 Å². The van der Waals surface area contributed by atoms with Gasteiger partial charge in [0.2, 0.25) is 0 Å². The van der Waals surface area contributed by atoms with E-state index in [0.717, 1.165) is 19.6 Å². The molecule has 0 fully saturated rings. The van der Waals surface area contributed by atoms with Crippen molar-refractivity contribution in [1.29, 1.82) is 0 Å². The minimum atomic E-state index is 0.120. The fourth-order valence-corrected chi connectivity index (χ4v) is 2.40. The van der Waals surface area contributed by atoms with Gasteiger partial charge in [-0.05, 0) is 23.3 Å². The Kier molecular flexibility index (Phi) is 5.66. The van der Waals surface area contributed by atoms with Crippen molar-refractivity contribution in [2.45, 2.75) is 26.2 Å². The molecule has 1 unspecified atom stereocenters. The quantitative estimate of drug-likeness (QED) is 0.721. The highest BCUT2D eigenvalue weighted by Gasteiger charge is 2.30. The van der Waals surface area contributed by atoms with E-state index in [1.807, 2.05) is 0 Å². The largest absolute Gasteiger partial charge is 0.385 e. The van der Waals surface area contributed by atoms with Crippen LogP contribution in [0.2, 0.25) is 0 Å². The van der Waals surface area contributed by atoms with Crippen molar-refractivity contribution in [2.75, 3.05) is 27.4 Å². The fraction of sp³-hybridized carbons (Fsp3) is 0.600. The predicted molar refractivity (Wildman–Crippen MR) is 71.3 cm³/mol. The molecular formula is C15H24O2. The second kappa shape index (κ2) is 6.77. The smallest absolute Gasteiger partial charge is 0.0519 e. The van der Waals surface area contributed by atoms with Crippen LogP contribution in [0.3, 0.4) is 0 Å². The summed E-state index contributed by atoms with van der Waals surface area (Å²) in [6, 6.07) is 10.6. The highest BCUT2D eigenvalue weighted by atomic mass is 16.5. The van der Waals surface area contributed by atoms with Crippen LogP contribution in [0.5, 0.6) is 0 Å². The minimum absolute atomic E-state index is 0.120. The zero-order valence-electron chi connectivity index (χ0n) is 11.4. The summed E-state index contributed by atoms with van der Waals surface area (Å²) in [5.41, 5.74) is 1.49. The Morgan fingerprint density at radius 1 is 1.06 bits per heavy atom. The van der Waals surface area contributed by atoms with E-state index in [1.54, 1.807) is 14.2 Å². The zero-order valence-corrected chi connectivity index (χ0v) is 11.4. The van der Waals surface area contributed by atoms with Gasteiger partial charge < -0.3 is 9.47 Å². The number of hydrogen-bond acceptors (Lipinski definition) is 2. The first-order valence-corrected chi connectivity index (χ1v) is 6.14. The van der Waals surface area contributed by atoms with Gasteiger partial charge in [0.05, 0.1) is 6.61 Å². The van der Waals surface area contributed by atoms with Crippen molar-refractivity contribution in [2.24, 2.45) is 5.41 Å². The summed E-state index contributed by atoms with van der Waals surface area (Å²) in [6.45, 7) is 6.05. The van der Waals surface area contributed by atoms with Crippen LogP contribution in [0, 0.1) is 5.41 Å². The third-order valence-corrected chi connectivity index (χ3v) is 3.27. The van der Waals surface area contributed by atoms with E-state index in [9.17, 15) is 0 Å². The number of rotatable bonds is 7. The van der Waals surface area contributed by atoms with E-state index in [1.165, 1.54) is 5.56 Å². The molecule has 17 heavy (non-hydrogen) atoms. The Morgan fingerprint density at radius 2 is 1.71 bits per heavy atom. The molecule has 96 valence electrons. The maximum Gasteiger partial charge on any atom is 0.0519 e. The van der Waals surface area contributed by atoms with Gasteiger partial charge >= 0.3 is 0 Å². The number of hydrogen-bond donors (Lipinski definition) is 0. The minimum Gasteiger partial charge on any atom is -0.385 e. The summed E-state index contributed by atoms with van der Waals surface area (Å²) in [5, 5.41) is 0. The summed E-state index contributed by atoms with van der Waals surface area (Å²) < 4.78 is 10.6. The van der Waals surface area contributed by atoms with E-state index < -0.39 is 0 Å². The van der Waals surface area contributed by atoms with Crippen LogP contribution in [0.1, 0.15) is 31.7 Å². The van der Waals surface area contributed by atoms with Crippen LogP contribution in [0.4, 0.5) is 0 Å². The van der Waals surface area contributed by atoms with Crippen molar-refractivity contribution >= 4 is 0 Å². The van der Waals surface area contributed by atoms with E-state index in [-0.39, 0.29) is 5.41 Å². The first kappa shape index (κ1) is 14.2. The molecule has 0 amide bonds. The monoisotopic (exact) mass is 236 g/mol. The van der Waals surface area contributed by atoms with E-state index >= 15 is 0 Å². The van der Waals surface area contributed by atoms with Gasteiger partial charge in [-0.2, -0.15) is 0 Å². The summed E-state index contributed by atoms with van der Waals surface area (Å²) in [5.74, 6) is 0.462. The van der Waals surface area contributed by atoms with Crippen molar-refractivity contribution in [1.82, 2.24) is 0 Å². The Labute approximate surface area is 105 Å². The maximum atomic E-state index is 5.35. The van der Waals surface area contributed by atoms with Crippen molar-refractivity contribution in [3.8, 4) is 0 Å². The highest BCUT2D eigenvalue weighted by molar-refractivity contribution is 5.21. The van der Waals surface area contributed by atoms with Gasteiger partial charge in [-0.1, -0.05) is 44.2 Å². The molecule has 0 radical (unpaired) electrons. The molecule has 1 aromatic rings. The van der Waals surface area contributed by atoms with Gasteiger partial charge in [0.15, 0.2) is 0 Å². The van der Waals surface area contributed by atoms with E-state index in [0.29, 0.717) is 5.92 Å². The molecular weight excluding hydrogens is 212 g/mol. The molecule has 0 heterocycles. The maximum absolute atomic E-state index is 5.35. The average Bonchev–Trinajstić information content (AvgIpc) is 2.30.